The van der Waals surface area contributed by atoms with Gasteiger partial charge in [0.05, 0.1) is 0 Å². The minimum absolute atomic E-state index is 0.0742. The number of nitrogens with zero attached hydrogens (tertiary/aromatic N) is 2. The SMILES string of the molecule is CN=C(NCCCCN1CCC(C(N)=O)CC1)NCCc1ccc(Cl)cc1. The number of guanidine groups is 1. The van der Waals surface area contributed by atoms with E-state index < -0.39 is 0 Å². The van der Waals surface area contributed by atoms with Crippen LogP contribution in [0, 0.1) is 5.92 Å². The lowest BCUT2D eigenvalue weighted by Crippen LogP contribution is -2.40. The number of carbonyl (C=O) groups excluding carboxylic acids is 1. The van der Waals surface area contributed by atoms with Crippen LogP contribution in [-0.2, 0) is 11.2 Å². The van der Waals surface area contributed by atoms with Crippen molar-refractivity contribution in [2.45, 2.75) is 32.1 Å². The van der Waals surface area contributed by atoms with E-state index in [9.17, 15) is 4.79 Å². The Morgan fingerprint density at radius 3 is 2.48 bits per heavy atom. The standard InChI is InChI=1S/C20H32ClN5O/c1-23-20(25-12-8-16-4-6-18(21)7-5-16)24-11-2-3-13-26-14-9-17(10-15-26)19(22)27/h4-7,17H,2-3,8-15H2,1H3,(H2,22,27)(H2,23,24,25). The van der Waals surface area contributed by atoms with Crippen LogP contribution >= 0.6 is 11.6 Å². The van der Waals surface area contributed by atoms with Gasteiger partial charge in [-0.3, -0.25) is 9.79 Å². The number of aliphatic imine (C=N–C) groups is 1. The van der Waals surface area contributed by atoms with Gasteiger partial charge >= 0.3 is 0 Å². The molecule has 1 saturated heterocycles. The molecule has 7 heteroatoms. The number of nitrogens with two attached hydrogens (primary N) is 1. The van der Waals surface area contributed by atoms with Crippen LogP contribution < -0.4 is 16.4 Å². The number of primary amides is 1. The van der Waals surface area contributed by atoms with Crippen LogP contribution in [0.2, 0.25) is 5.02 Å². The Kier molecular flexibility index (Phi) is 9.42. The number of amides is 1. The number of unbranched alkanes of at least 4 members (excludes halogenated alkanes) is 1. The second-order valence-corrected chi connectivity index (χ2v) is 7.46. The molecule has 0 unspecified atom stereocenters. The summed E-state index contributed by atoms with van der Waals surface area (Å²) in [5.74, 6) is 0.769. The lowest BCUT2D eigenvalue weighted by Gasteiger charge is -2.30. The normalized spacial score (nSPS) is 16.3. The van der Waals surface area contributed by atoms with Gasteiger partial charge in [-0.2, -0.15) is 0 Å². The Morgan fingerprint density at radius 2 is 1.85 bits per heavy atom. The highest BCUT2D eigenvalue weighted by Gasteiger charge is 2.22. The predicted octanol–water partition coefficient (Wildman–Crippen LogP) is 2.03. The van der Waals surface area contributed by atoms with Gasteiger partial charge in [-0.1, -0.05) is 23.7 Å². The summed E-state index contributed by atoms with van der Waals surface area (Å²) < 4.78 is 0. The van der Waals surface area contributed by atoms with Gasteiger partial charge in [-0.05, 0) is 69.4 Å². The Morgan fingerprint density at radius 1 is 1.19 bits per heavy atom. The van der Waals surface area contributed by atoms with E-state index in [2.05, 4.69) is 20.5 Å². The van der Waals surface area contributed by atoms with Crippen LogP contribution in [0.5, 0.6) is 0 Å². The number of rotatable bonds is 9. The van der Waals surface area contributed by atoms with E-state index in [-0.39, 0.29) is 11.8 Å². The van der Waals surface area contributed by atoms with Crippen molar-refractivity contribution in [3.63, 3.8) is 0 Å². The smallest absolute Gasteiger partial charge is 0.220 e. The fourth-order valence-electron chi connectivity index (χ4n) is 3.31. The van der Waals surface area contributed by atoms with Crippen molar-refractivity contribution < 1.29 is 4.79 Å². The average molecular weight is 394 g/mol. The molecule has 0 aliphatic carbocycles. The van der Waals surface area contributed by atoms with Crippen molar-refractivity contribution in [1.82, 2.24) is 15.5 Å². The maximum absolute atomic E-state index is 11.2. The fraction of sp³-hybridized carbons (Fsp3) is 0.600. The highest BCUT2D eigenvalue weighted by atomic mass is 35.5. The highest BCUT2D eigenvalue weighted by molar-refractivity contribution is 6.30. The Labute approximate surface area is 167 Å². The number of piperidine rings is 1. The van der Waals surface area contributed by atoms with Crippen LogP contribution in [0.3, 0.4) is 0 Å². The molecule has 1 amide bonds. The summed E-state index contributed by atoms with van der Waals surface area (Å²) in [5.41, 5.74) is 6.63. The molecule has 0 saturated carbocycles. The summed E-state index contributed by atoms with van der Waals surface area (Å²) in [6, 6.07) is 7.93. The lowest BCUT2D eigenvalue weighted by atomic mass is 9.96. The molecule has 1 aliphatic heterocycles. The quantitative estimate of drug-likeness (QED) is 0.340. The maximum Gasteiger partial charge on any atom is 0.220 e. The molecule has 1 heterocycles. The second kappa shape index (κ2) is 11.8. The summed E-state index contributed by atoms with van der Waals surface area (Å²) in [6.07, 6.45) is 4.96. The molecule has 150 valence electrons. The average Bonchev–Trinajstić information content (AvgIpc) is 2.68. The van der Waals surface area contributed by atoms with Gasteiger partial charge in [-0.25, -0.2) is 0 Å². The first-order valence-electron chi connectivity index (χ1n) is 9.79. The topological polar surface area (TPSA) is 82.8 Å². The van der Waals surface area contributed by atoms with Crippen LogP contribution in [0.4, 0.5) is 0 Å². The number of likely N-dealkylation sites (tertiary alicyclic amines) is 1. The third-order valence-electron chi connectivity index (χ3n) is 5.03. The molecule has 6 nitrogen and oxygen atoms in total. The van der Waals surface area contributed by atoms with E-state index in [0.29, 0.717) is 0 Å². The van der Waals surface area contributed by atoms with Gasteiger partial charge < -0.3 is 21.3 Å². The summed E-state index contributed by atoms with van der Waals surface area (Å²) in [5, 5.41) is 7.47. The molecule has 4 N–H and O–H groups in total. The zero-order valence-electron chi connectivity index (χ0n) is 16.2. The molecular formula is C20H32ClN5O. The molecule has 1 aromatic rings. The molecule has 0 radical (unpaired) electrons. The Hall–Kier alpha value is -1.79. The van der Waals surface area contributed by atoms with Gasteiger partial charge in [0.2, 0.25) is 5.91 Å². The summed E-state index contributed by atoms with van der Waals surface area (Å²) in [7, 11) is 1.79. The minimum Gasteiger partial charge on any atom is -0.369 e. The molecule has 27 heavy (non-hydrogen) atoms. The van der Waals surface area contributed by atoms with Crippen LogP contribution in [0.25, 0.3) is 0 Å². The van der Waals surface area contributed by atoms with Gasteiger partial charge in [0.15, 0.2) is 5.96 Å². The maximum atomic E-state index is 11.2. The van der Waals surface area contributed by atoms with Gasteiger partial charge in [-0.15, -0.1) is 0 Å². The number of nitrogens with one attached hydrogen (secondary N) is 2. The molecule has 1 aliphatic rings. The number of carbonyl (C=O) groups is 1. The highest BCUT2D eigenvalue weighted by Crippen LogP contribution is 2.16. The van der Waals surface area contributed by atoms with Crippen molar-refractivity contribution in [2.75, 3.05) is 39.8 Å². The molecule has 0 atom stereocenters. The fourth-order valence-corrected chi connectivity index (χ4v) is 3.43. The van der Waals surface area contributed by atoms with Crippen LogP contribution in [0.15, 0.2) is 29.3 Å². The zero-order valence-corrected chi connectivity index (χ0v) is 17.0. The molecule has 1 fully saturated rings. The van der Waals surface area contributed by atoms with Gasteiger partial charge in [0.1, 0.15) is 0 Å². The molecule has 0 spiro atoms. The number of hydrogen-bond acceptors (Lipinski definition) is 3. The third-order valence-corrected chi connectivity index (χ3v) is 5.28. The molecule has 1 aromatic carbocycles. The first-order chi connectivity index (χ1) is 13.1. The van der Waals surface area contributed by atoms with Crippen LogP contribution in [0.1, 0.15) is 31.2 Å². The number of hydrogen-bond donors (Lipinski definition) is 3. The van der Waals surface area contributed by atoms with Gasteiger partial charge in [0, 0.05) is 31.1 Å². The minimum atomic E-state index is -0.145. The third kappa shape index (κ3) is 8.18. The lowest BCUT2D eigenvalue weighted by molar-refractivity contribution is -0.123. The second-order valence-electron chi connectivity index (χ2n) is 7.03. The molecule has 0 aromatic heterocycles. The van der Waals surface area contributed by atoms with Crippen molar-refractivity contribution in [2.24, 2.45) is 16.6 Å². The van der Waals surface area contributed by atoms with Crippen LogP contribution in [-0.4, -0.2) is 56.5 Å². The molecule has 2 rings (SSSR count). The van der Waals surface area contributed by atoms with Crippen molar-refractivity contribution in [1.29, 1.82) is 0 Å². The first-order valence-corrected chi connectivity index (χ1v) is 10.2. The number of benzene rings is 1. The molecular weight excluding hydrogens is 362 g/mol. The first kappa shape index (κ1) is 21.5. The van der Waals surface area contributed by atoms with Crippen molar-refractivity contribution >= 4 is 23.5 Å². The van der Waals surface area contributed by atoms with Crippen molar-refractivity contribution in [3.8, 4) is 0 Å². The van der Waals surface area contributed by atoms with Crippen molar-refractivity contribution in [3.05, 3.63) is 34.9 Å². The Bertz CT molecular complexity index is 597. The molecule has 0 bridgehead atoms. The van der Waals surface area contributed by atoms with E-state index in [1.165, 1.54) is 5.56 Å². The van der Waals surface area contributed by atoms with E-state index >= 15 is 0 Å². The van der Waals surface area contributed by atoms with E-state index in [1.807, 2.05) is 24.3 Å². The Balaban J connectivity index is 1.52. The number of halogens is 1. The predicted molar refractivity (Wildman–Crippen MR) is 112 cm³/mol. The largest absolute Gasteiger partial charge is 0.369 e. The zero-order chi connectivity index (χ0) is 19.5. The van der Waals surface area contributed by atoms with E-state index in [1.54, 1.807) is 7.05 Å². The summed E-state index contributed by atoms with van der Waals surface area (Å²) in [6.45, 7) is 4.77. The summed E-state index contributed by atoms with van der Waals surface area (Å²) >= 11 is 5.90. The van der Waals surface area contributed by atoms with E-state index in [4.69, 9.17) is 17.3 Å². The monoisotopic (exact) mass is 393 g/mol. The summed E-state index contributed by atoms with van der Waals surface area (Å²) in [4.78, 5) is 17.9. The van der Waals surface area contributed by atoms with E-state index in [0.717, 1.165) is 75.8 Å². The van der Waals surface area contributed by atoms with Gasteiger partial charge in [0.25, 0.3) is 0 Å².